The van der Waals surface area contributed by atoms with E-state index in [-0.39, 0.29) is 0 Å². The van der Waals surface area contributed by atoms with Crippen molar-refractivity contribution in [3.8, 4) is 11.2 Å². The first kappa shape index (κ1) is 7.91. The van der Waals surface area contributed by atoms with Gasteiger partial charge in [-0.25, -0.2) is 0 Å². The molecule has 8 heavy (non-hydrogen) atoms. The van der Waals surface area contributed by atoms with Crippen molar-refractivity contribution in [1.29, 1.82) is 0 Å². The maximum atomic E-state index is 3.76. The second-order valence-corrected chi connectivity index (χ2v) is 1.97. The van der Waals surface area contributed by atoms with Crippen LogP contribution in [0.15, 0.2) is 0 Å². The van der Waals surface area contributed by atoms with Crippen molar-refractivity contribution in [3.05, 3.63) is 0 Å². The van der Waals surface area contributed by atoms with Gasteiger partial charge in [-0.3, -0.25) is 0 Å². The predicted molar refractivity (Wildman–Crippen MR) is 40.9 cm³/mol. The molecule has 1 heteroatoms. The molecule has 0 rings (SSSR count). The van der Waals surface area contributed by atoms with Crippen molar-refractivity contribution in [2.24, 2.45) is 0 Å². The Morgan fingerprint density at radius 3 is 2.62 bits per heavy atom. The van der Waals surface area contributed by atoms with Gasteiger partial charge in [-0.2, -0.15) is 0 Å². The van der Waals surface area contributed by atoms with E-state index in [0.29, 0.717) is 0 Å². The molecule has 0 spiro atoms. The summed E-state index contributed by atoms with van der Waals surface area (Å²) in [5.74, 6) is 2.90. The molecule has 0 unspecified atom stereocenters. The van der Waals surface area contributed by atoms with Gasteiger partial charge in [0, 0.05) is 6.42 Å². The summed E-state index contributed by atoms with van der Waals surface area (Å²) < 4.78 is 0. The molecule has 0 N–H and O–H groups in total. The molecule has 0 aliphatic carbocycles. The monoisotopic (exact) mass is 128 g/mol. The Morgan fingerprint density at radius 2 is 2.12 bits per heavy atom. The number of hydrogen-bond donors (Lipinski definition) is 1. The molecular formula is C7H12S. The Bertz CT molecular complexity index is 86.3. The highest BCUT2D eigenvalue weighted by Gasteiger charge is 1.78. The predicted octanol–water partition coefficient (Wildman–Crippen LogP) is 2.46. The Kier molecular flexibility index (Phi) is 6.83. The van der Waals surface area contributed by atoms with Crippen molar-refractivity contribution in [2.45, 2.75) is 32.6 Å². The van der Waals surface area contributed by atoms with Crippen molar-refractivity contribution < 1.29 is 0 Å². The molecule has 0 aromatic carbocycles. The minimum absolute atomic E-state index is 1.01. The lowest BCUT2D eigenvalue weighted by atomic mass is 10.2. The second-order valence-electron chi connectivity index (χ2n) is 1.75. The van der Waals surface area contributed by atoms with Gasteiger partial charge in [-0.1, -0.05) is 38.3 Å². The molecule has 0 aliphatic rings. The summed E-state index contributed by atoms with van der Waals surface area (Å²) in [6, 6.07) is 0. The summed E-state index contributed by atoms with van der Waals surface area (Å²) in [5, 5.41) is 2.57. The summed E-state index contributed by atoms with van der Waals surface area (Å²) in [6.07, 6.45) is 4.80. The van der Waals surface area contributed by atoms with E-state index in [4.69, 9.17) is 0 Å². The third kappa shape index (κ3) is 5.91. The van der Waals surface area contributed by atoms with Crippen LogP contribution in [0, 0.1) is 11.2 Å². The highest BCUT2D eigenvalue weighted by molar-refractivity contribution is 7.85. The first-order valence-electron chi connectivity index (χ1n) is 3.03. The fourth-order valence-electron chi connectivity index (χ4n) is 0.519. The average Bonchev–Trinajstić information content (AvgIpc) is 1.81. The summed E-state index contributed by atoms with van der Waals surface area (Å²) >= 11 is 3.76. The van der Waals surface area contributed by atoms with Crippen molar-refractivity contribution in [1.82, 2.24) is 0 Å². The van der Waals surface area contributed by atoms with Crippen LogP contribution in [-0.4, -0.2) is 0 Å². The van der Waals surface area contributed by atoms with Crippen molar-refractivity contribution in [2.75, 3.05) is 0 Å². The Hall–Kier alpha value is -0.0900. The fourth-order valence-corrected chi connectivity index (χ4v) is 0.631. The lowest BCUT2D eigenvalue weighted by Gasteiger charge is -1.86. The third-order valence-electron chi connectivity index (χ3n) is 0.984. The van der Waals surface area contributed by atoms with E-state index in [1.165, 1.54) is 19.3 Å². The van der Waals surface area contributed by atoms with Gasteiger partial charge in [0.25, 0.3) is 0 Å². The highest BCUT2D eigenvalue weighted by Crippen LogP contribution is 1.96. The SMILES string of the molecule is CCCCCC#CS. The van der Waals surface area contributed by atoms with E-state index in [0.717, 1.165) is 6.42 Å². The topological polar surface area (TPSA) is 0 Å². The summed E-state index contributed by atoms with van der Waals surface area (Å²) in [4.78, 5) is 0. The quantitative estimate of drug-likeness (QED) is 0.337. The molecule has 0 saturated carbocycles. The average molecular weight is 128 g/mol. The maximum Gasteiger partial charge on any atom is 0.00975 e. The molecule has 0 amide bonds. The van der Waals surface area contributed by atoms with Crippen LogP contribution >= 0.6 is 12.6 Å². The van der Waals surface area contributed by atoms with E-state index in [1.807, 2.05) is 0 Å². The molecule has 0 atom stereocenters. The van der Waals surface area contributed by atoms with Crippen LogP contribution in [0.25, 0.3) is 0 Å². The number of unbranched alkanes of at least 4 members (excludes halogenated alkanes) is 3. The zero-order chi connectivity index (χ0) is 6.24. The lowest BCUT2D eigenvalue weighted by molar-refractivity contribution is 0.737. The molecule has 0 aliphatic heterocycles. The molecule has 0 bridgehead atoms. The Balaban J connectivity index is 2.79. The van der Waals surface area contributed by atoms with Crippen LogP contribution in [0.3, 0.4) is 0 Å². The molecule has 0 heterocycles. The van der Waals surface area contributed by atoms with Crippen molar-refractivity contribution >= 4 is 12.6 Å². The van der Waals surface area contributed by atoms with Gasteiger partial charge in [0.05, 0.1) is 0 Å². The second kappa shape index (κ2) is 6.91. The molecular weight excluding hydrogens is 116 g/mol. The number of hydrogen-bond acceptors (Lipinski definition) is 1. The Labute approximate surface area is 57.1 Å². The first-order chi connectivity index (χ1) is 3.91. The van der Waals surface area contributed by atoms with Crippen LogP contribution in [0.4, 0.5) is 0 Å². The molecule has 0 fully saturated rings. The normalized spacial score (nSPS) is 7.75. The first-order valence-corrected chi connectivity index (χ1v) is 3.48. The van der Waals surface area contributed by atoms with Crippen LogP contribution in [0.5, 0.6) is 0 Å². The smallest absolute Gasteiger partial charge is 0.00975 e. The third-order valence-corrected chi connectivity index (χ3v) is 1.14. The maximum absolute atomic E-state index is 3.76. The zero-order valence-corrected chi connectivity index (χ0v) is 6.17. The molecule has 0 aromatic heterocycles. The van der Waals surface area contributed by atoms with Crippen LogP contribution in [0.2, 0.25) is 0 Å². The molecule has 0 aromatic rings. The van der Waals surface area contributed by atoms with Gasteiger partial charge in [-0.15, -0.1) is 0 Å². The lowest BCUT2D eigenvalue weighted by Crippen LogP contribution is -1.69. The summed E-state index contributed by atoms with van der Waals surface area (Å²) in [6.45, 7) is 2.19. The molecule has 0 radical (unpaired) electrons. The van der Waals surface area contributed by atoms with E-state index in [9.17, 15) is 0 Å². The number of rotatable bonds is 3. The molecule has 46 valence electrons. The van der Waals surface area contributed by atoms with Crippen LogP contribution < -0.4 is 0 Å². The van der Waals surface area contributed by atoms with Gasteiger partial charge in [-0.05, 0) is 11.7 Å². The van der Waals surface area contributed by atoms with E-state index < -0.39 is 0 Å². The van der Waals surface area contributed by atoms with Crippen molar-refractivity contribution in [3.63, 3.8) is 0 Å². The van der Waals surface area contributed by atoms with Gasteiger partial charge in [0.1, 0.15) is 0 Å². The van der Waals surface area contributed by atoms with E-state index in [1.54, 1.807) is 0 Å². The molecule has 0 saturated heterocycles. The van der Waals surface area contributed by atoms with Crippen LogP contribution in [0.1, 0.15) is 32.6 Å². The highest BCUT2D eigenvalue weighted by atomic mass is 32.1. The number of thiol groups is 1. The largest absolute Gasteiger partial charge is 0.0922 e. The van der Waals surface area contributed by atoms with Gasteiger partial charge < -0.3 is 0 Å². The fraction of sp³-hybridized carbons (Fsp3) is 0.714. The summed E-state index contributed by atoms with van der Waals surface area (Å²) in [7, 11) is 0. The minimum Gasteiger partial charge on any atom is -0.0922 e. The van der Waals surface area contributed by atoms with E-state index in [2.05, 4.69) is 30.7 Å². The van der Waals surface area contributed by atoms with Gasteiger partial charge in [0.15, 0.2) is 0 Å². The standard InChI is InChI=1S/C7H12S/c1-2-3-4-5-6-7-8/h8H,2-5H2,1H3. The Morgan fingerprint density at radius 1 is 1.38 bits per heavy atom. The van der Waals surface area contributed by atoms with Crippen LogP contribution in [-0.2, 0) is 0 Å². The van der Waals surface area contributed by atoms with Gasteiger partial charge in [0.2, 0.25) is 0 Å². The van der Waals surface area contributed by atoms with Gasteiger partial charge >= 0.3 is 0 Å². The minimum atomic E-state index is 1.01. The summed E-state index contributed by atoms with van der Waals surface area (Å²) in [5.41, 5.74) is 0. The van der Waals surface area contributed by atoms with E-state index >= 15 is 0 Å². The zero-order valence-electron chi connectivity index (χ0n) is 5.28. The molecule has 0 nitrogen and oxygen atoms in total.